The topological polar surface area (TPSA) is 98.7 Å². The highest BCUT2D eigenvalue weighted by Gasteiger charge is 2.34. The Morgan fingerprint density at radius 3 is 2.88 bits per heavy atom. The van der Waals surface area contributed by atoms with Gasteiger partial charge in [-0.05, 0) is 38.7 Å². The molecule has 26 heavy (non-hydrogen) atoms. The summed E-state index contributed by atoms with van der Waals surface area (Å²) in [5.41, 5.74) is 6.04. The summed E-state index contributed by atoms with van der Waals surface area (Å²) in [5, 5.41) is 5.90. The van der Waals surface area contributed by atoms with E-state index in [9.17, 15) is 4.79 Å². The summed E-state index contributed by atoms with van der Waals surface area (Å²) < 4.78 is 16.6. The van der Waals surface area contributed by atoms with Crippen molar-refractivity contribution < 1.29 is 19.0 Å². The van der Waals surface area contributed by atoms with Crippen molar-refractivity contribution in [1.29, 1.82) is 0 Å². The zero-order valence-electron chi connectivity index (χ0n) is 15.7. The largest absolute Gasteiger partial charge is 0.508 e. The number of carbonyl (C=O) groups excluding carboxylic acids is 1. The average Bonchev–Trinajstić information content (AvgIpc) is 3.10. The Morgan fingerprint density at radius 2 is 2.23 bits per heavy atom. The Morgan fingerprint density at radius 1 is 1.50 bits per heavy atom. The van der Waals surface area contributed by atoms with E-state index in [4.69, 9.17) is 19.9 Å². The summed E-state index contributed by atoms with van der Waals surface area (Å²) in [5.74, 6) is 0.352. The van der Waals surface area contributed by atoms with Gasteiger partial charge in [0.05, 0.1) is 6.10 Å². The molecule has 0 saturated carbocycles. The number of nitrogens with zero attached hydrogens (tertiary/aromatic N) is 3. The Bertz CT molecular complexity index is 610. The molecule has 0 amide bonds. The number of hydrogen-bond donors (Lipinski definition) is 1. The van der Waals surface area contributed by atoms with Crippen molar-refractivity contribution in [3.05, 3.63) is 24.4 Å². The average molecular weight is 364 g/mol. The van der Waals surface area contributed by atoms with E-state index >= 15 is 0 Å². The smallest absolute Gasteiger partial charge is 0.432 e. The Kier molecular flexibility index (Phi) is 6.79. The van der Waals surface area contributed by atoms with E-state index in [0.717, 1.165) is 25.7 Å². The first-order valence-corrected chi connectivity index (χ1v) is 8.91. The monoisotopic (exact) mass is 364 g/mol. The van der Waals surface area contributed by atoms with Gasteiger partial charge in [-0.25, -0.2) is 14.8 Å². The van der Waals surface area contributed by atoms with E-state index in [1.54, 1.807) is 17.2 Å². The number of carbonyl (C=O) groups is 1. The van der Waals surface area contributed by atoms with Crippen molar-refractivity contribution in [1.82, 2.24) is 5.01 Å². The summed E-state index contributed by atoms with van der Waals surface area (Å²) in [6, 6.07) is 0. The van der Waals surface area contributed by atoms with E-state index in [2.05, 4.69) is 16.7 Å². The minimum atomic E-state index is -0.664. The van der Waals surface area contributed by atoms with Gasteiger partial charge in [-0.2, -0.15) is 5.10 Å². The van der Waals surface area contributed by atoms with Gasteiger partial charge < -0.3 is 19.9 Å². The molecular formula is C18H28N4O4. The van der Waals surface area contributed by atoms with Gasteiger partial charge in [0, 0.05) is 0 Å². The predicted octanol–water partition coefficient (Wildman–Crippen LogP) is 2.91. The van der Waals surface area contributed by atoms with Gasteiger partial charge in [-0.1, -0.05) is 26.5 Å². The van der Waals surface area contributed by atoms with Crippen LogP contribution in [0.15, 0.2) is 34.5 Å². The summed E-state index contributed by atoms with van der Waals surface area (Å²) in [4.78, 5) is 15.9. The molecular weight excluding hydrogens is 336 g/mol. The quantitative estimate of drug-likeness (QED) is 0.697. The number of rotatable bonds is 7. The second kappa shape index (κ2) is 8.84. The number of aliphatic imine (C=N–C) groups is 1. The van der Waals surface area contributed by atoms with Crippen molar-refractivity contribution in [2.75, 3.05) is 6.61 Å². The summed E-state index contributed by atoms with van der Waals surface area (Å²) >= 11 is 0. The lowest BCUT2D eigenvalue weighted by Crippen LogP contribution is -2.38. The van der Waals surface area contributed by atoms with Crippen molar-refractivity contribution in [2.45, 2.75) is 64.4 Å². The molecule has 2 unspecified atom stereocenters. The number of ether oxygens (including phenoxy) is 3. The van der Waals surface area contributed by atoms with Gasteiger partial charge in [-0.3, -0.25) is 0 Å². The molecule has 0 aromatic heterocycles. The van der Waals surface area contributed by atoms with Crippen molar-refractivity contribution in [3.8, 4) is 0 Å². The van der Waals surface area contributed by atoms with Crippen LogP contribution in [-0.2, 0) is 14.2 Å². The molecule has 2 aliphatic rings. The maximum atomic E-state index is 11.9. The maximum Gasteiger partial charge on any atom is 0.508 e. The van der Waals surface area contributed by atoms with Crippen LogP contribution in [0, 0.1) is 0 Å². The summed E-state index contributed by atoms with van der Waals surface area (Å²) in [7, 11) is 0. The van der Waals surface area contributed by atoms with Gasteiger partial charge in [-0.15, -0.1) is 0 Å². The molecule has 144 valence electrons. The van der Waals surface area contributed by atoms with Crippen LogP contribution in [0.2, 0.25) is 0 Å². The third-order valence-corrected chi connectivity index (χ3v) is 4.73. The molecule has 1 saturated heterocycles. The van der Waals surface area contributed by atoms with E-state index in [0.29, 0.717) is 11.5 Å². The highest BCUT2D eigenvalue weighted by Crippen LogP contribution is 2.27. The van der Waals surface area contributed by atoms with Gasteiger partial charge in [0.25, 0.3) is 0 Å². The highest BCUT2D eigenvalue weighted by molar-refractivity contribution is 6.01. The second-order valence-corrected chi connectivity index (χ2v) is 6.49. The lowest BCUT2D eigenvalue weighted by Gasteiger charge is -2.29. The second-order valence-electron chi connectivity index (χ2n) is 6.49. The van der Waals surface area contributed by atoms with Crippen molar-refractivity contribution in [3.63, 3.8) is 0 Å². The Balaban J connectivity index is 1.86. The fourth-order valence-electron chi connectivity index (χ4n) is 2.67. The Hall–Kier alpha value is -2.35. The molecule has 0 spiro atoms. The van der Waals surface area contributed by atoms with Crippen LogP contribution in [0.25, 0.3) is 0 Å². The minimum Gasteiger partial charge on any atom is -0.432 e. The van der Waals surface area contributed by atoms with Crippen molar-refractivity contribution in [2.24, 2.45) is 15.8 Å². The number of hydrazone groups is 1. The van der Waals surface area contributed by atoms with Crippen LogP contribution in [-0.4, -0.2) is 47.9 Å². The molecule has 0 aliphatic carbocycles. The van der Waals surface area contributed by atoms with E-state index in [1.165, 1.54) is 6.34 Å². The van der Waals surface area contributed by atoms with Crippen LogP contribution in [0.1, 0.15) is 46.5 Å². The molecule has 8 heteroatoms. The molecule has 2 aliphatic heterocycles. The summed E-state index contributed by atoms with van der Waals surface area (Å²) in [6.07, 6.45) is 6.48. The molecule has 2 rings (SSSR count). The molecule has 0 aromatic carbocycles. The molecule has 2 N–H and O–H groups in total. The fourth-order valence-corrected chi connectivity index (χ4v) is 2.67. The van der Waals surface area contributed by atoms with E-state index < -0.39 is 11.8 Å². The van der Waals surface area contributed by atoms with E-state index in [-0.39, 0.29) is 18.9 Å². The molecule has 8 nitrogen and oxygen atoms in total. The molecule has 0 aromatic rings. The lowest BCUT2D eigenvalue weighted by molar-refractivity contribution is -0.0749. The van der Waals surface area contributed by atoms with Crippen LogP contribution in [0.4, 0.5) is 4.79 Å². The first-order chi connectivity index (χ1) is 12.4. The van der Waals surface area contributed by atoms with Gasteiger partial charge >= 0.3 is 6.16 Å². The zero-order chi connectivity index (χ0) is 19.2. The lowest BCUT2D eigenvalue weighted by atomic mass is 10.0. The van der Waals surface area contributed by atoms with E-state index in [1.807, 2.05) is 20.8 Å². The minimum absolute atomic E-state index is 0.139. The predicted molar refractivity (Wildman–Crippen MR) is 99.5 cm³/mol. The van der Waals surface area contributed by atoms with Gasteiger partial charge in [0.2, 0.25) is 0 Å². The highest BCUT2D eigenvalue weighted by atomic mass is 16.7. The van der Waals surface area contributed by atoms with Crippen LogP contribution < -0.4 is 5.73 Å². The first-order valence-electron chi connectivity index (χ1n) is 8.91. The summed E-state index contributed by atoms with van der Waals surface area (Å²) in [6.45, 7) is 9.66. The normalized spacial score (nSPS) is 24.5. The van der Waals surface area contributed by atoms with Crippen LogP contribution in [0.3, 0.4) is 0 Å². The van der Waals surface area contributed by atoms with Crippen LogP contribution in [0.5, 0.6) is 0 Å². The standard InChI is InChI=1S/C18H28N4O4/c1-5-8-14-16(19)20-12-21-22(14)15-10-9-13(25-15)11-24-17(23)26-18(4,6-2)7-3/h5,8,12-13,15H,1,6-7,9-11H2,2-4H3,(H2,19,20,21)/b14-8-. The maximum absolute atomic E-state index is 11.9. The van der Waals surface area contributed by atoms with Crippen LogP contribution >= 0.6 is 0 Å². The van der Waals surface area contributed by atoms with Crippen molar-refractivity contribution >= 4 is 18.3 Å². The SMILES string of the molecule is C=C/C=C1/C(N)=NC=NN1C1CCC(COC(=O)OC(C)(CC)CC)O1. The molecule has 2 atom stereocenters. The number of amidine groups is 1. The Labute approximate surface area is 154 Å². The third-order valence-electron chi connectivity index (χ3n) is 4.73. The first kappa shape index (κ1) is 20.0. The number of nitrogens with two attached hydrogens (primary N) is 1. The van der Waals surface area contributed by atoms with Gasteiger partial charge in [0.1, 0.15) is 24.2 Å². The number of allylic oxidation sites excluding steroid dienone is 2. The molecule has 0 radical (unpaired) electrons. The van der Waals surface area contributed by atoms with Gasteiger partial charge in [0.15, 0.2) is 12.1 Å². The molecule has 1 fully saturated rings. The zero-order valence-corrected chi connectivity index (χ0v) is 15.7. The fraction of sp³-hybridized carbons (Fsp3) is 0.611. The number of hydrogen-bond acceptors (Lipinski definition) is 8. The third kappa shape index (κ3) is 4.85. The molecule has 0 bridgehead atoms. The molecule has 2 heterocycles.